The van der Waals surface area contributed by atoms with Crippen molar-refractivity contribution in [1.82, 2.24) is 19.4 Å². The highest BCUT2D eigenvalue weighted by Gasteiger charge is 2.23. The first-order valence-electron chi connectivity index (χ1n) is 10.5. The Morgan fingerprint density at radius 2 is 1.89 bits per heavy atom. The summed E-state index contributed by atoms with van der Waals surface area (Å²) in [5.41, 5.74) is 0.783. The maximum absolute atomic E-state index is 12.4. The summed E-state index contributed by atoms with van der Waals surface area (Å²) in [6, 6.07) is 1.68. The van der Waals surface area contributed by atoms with E-state index < -0.39 is 0 Å². The number of aromatic nitrogens is 2. The minimum absolute atomic E-state index is 0.0456. The van der Waals surface area contributed by atoms with E-state index in [1.54, 1.807) is 17.0 Å². The summed E-state index contributed by atoms with van der Waals surface area (Å²) in [7, 11) is 0. The lowest BCUT2D eigenvalue weighted by atomic mass is 9.92. The number of carbonyl (C=O) groups is 1. The molecule has 0 unspecified atom stereocenters. The molecule has 0 atom stereocenters. The highest BCUT2D eigenvalue weighted by Crippen LogP contribution is 2.20. The highest BCUT2D eigenvalue weighted by atomic mass is 16.5. The third-order valence-corrected chi connectivity index (χ3v) is 5.79. The summed E-state index contributed by atoms with van der Waals surface area (Å²) >= 11 is 0. The van der Waals surface area contributed by atoms with Crippen molar-refractivity contribution in [3.05, 3.63) is 28.4 Å². The molecule has 0 spiro atoms. The van der Waals surface area contributed by atoms with Crippen LogP contribution in [-0.2, 0) is 21.5 Å². The van der Waals surface area contributed by atoms with Gasteiger partial charge in [-0.25, -0.2) is 4.98 Å². The maximum Gasteiger partial charge on any atom is 0.253 e. The Bertz CT molecular complexity index is 717. The molecular formula is C21H34N4O3. The van der Waals surface area contributed by atoms with Crippen molar-refractivity contribution in [2.75, 3.05) is 45.9 Å². The standard InChI is InChI=1S/C21H34N4O3/c1-21(2,3)18-13-19(26)25(16-22-18)14-17-5-8-23(9-6-17)10-11-24-7-4-12-28-15-20(24)27/h13,16-17H,4-12,14-15H2,1-3H3. The zero-order valence-electron chi connectivity index (χ0n) is 17.5. The fraction of sp³-hybridized carbons (Fsp3) is 0.762. The van der Waals surface area contributed by atoms with E-state index in [1.165, 1.54) is 0 Å². The van der Waals surface area contributed by atoms with Gasteiger partial charge in [-0.1, -0.05) is 20.8 Å². The van der Waals surface area contributed by atoms with E-state index in [-0.39, 0.29) is 23.5 Å². The molecule has 0 saturated carbocycles. The third kappa shape index (κ3) is 5.64. The number of rotatable bonds is 5. The molecule has 28 heavy (non-hydrogen) atoms. The Morgan fingerprint density at radius 1 is 1.14 bits per heavy atom. The summed E-state index contributed by atoms with van der Waals surface area (Å²) in [5.74, 6) is 0.613. The van der Waals surface area contributed by atoms with Gasteiger partial charge in [0.15, 0.2) is 0 Å². The predicted molar refractivity (Wildman–Crippen MR) is 108 cm³/mol. The van der Waals surface area contributed by atoms with Crippen LogP contribution in [0.25, 0.3) is 0 Å². The largest absolute Gasteiger partial charge is 0.372 e. The van der Waals surface area contributed by atoms with Gasteiger partial charge in [-0.3, -0.25) is 14.2 Å². The molecule has 2 saturated heterocycles. The zero-order chi connectivity index (χ0) is 20.1. The lowest BCUT2D eigenvalue weighted by Crippen LogP contribution is -2.43. The molecule has 0 N–H and O–H groups in total. The van der Waals surface area contributed by atoms with E-state index in [4.69, 9.17) is 4.74 Å². The Hall–Kier alpha value is -1.73. The van der Waals surface area contributed by atoms with Gasteiger partial charge in [-0.2, -0.15) is 0 Å². The minimum atomic E-state index is -0.107. The summed E-state index contributed by atoms with van der Waals surface area (Å²) in [5, 5.41) is 0. The van der Waals surface area contributed by atoms with Gasteiger partial charge in [0.25, 0.3) is 5.56 Å². The van der Waals surface area contributed by atoms with E-state index >= 15 is 0 Å². The fourth-order valence-corrected chi connectivity index (χ4v) is 3.88. The molecule has 0 aromatic carbocycles. The van der Waals surface area contributed by atoms with Gasteiger partial charge in [0.05, 0.1) is 12.0 Å². The number of hydrogen-bond donors (Lipinski definition) is 0. The van der Waals surface area contributed by atoms with Gasteiger partial charge < -0.3 is 14.5 Å². The van der Waals surface area contributed by atoms with Gasteiger partial charge in [0.2, 0.25) is 5.91 Å². The number of likely N-dealkylation sites (tertiary alicyclic amines) is 1. The van der Waals surface area contributed by atoms with Crippen LogP contribution in [0.1, 0.15) is 45.7 Å². The van der Waals surface area contributed by atoms with Crippen molar-refractivity contribution in [2.45, 2.75) is 52.0 Å². The summed E-state index contributed by atoms with van der Waals surface area (Å²) < 4.78 is 7.05. The monoisotopic (exact) mass is 390 g/mol. The first-order valence-corrected chi connectivity index (χ1v) is 10.5. The predicted octanol–water partition coefficient (Wildman–Crippen LogP) is 1.50. The van der Waals surface area contributed by atoms with Crippen molar-refractivity contribution in [1.29, 1.82) is 0 Å². The molecule has 1 aromatic rings. The molecule has 3 rings (SSSR count). The van der Waals surface area contributed by atoms with Gasteiger partial charge in [0.1, 0.15) is 6.61 Å². The van der Waals surface area contributed by atoms with Crippen LogP contribution in [-0.4, -0.2) is 71.2 Å². The van der Waals surface area contributed by atoms with Crippen molar-refractivity contribution >= 4 is 5.91 Å². The van der Waals surface area contributed by atoms with Gasteiger partial charge in [0, 0.05) is 44.3 Å². The quantitative estimate of drug-likeness (QED) is 0.762. The summed E-state index contributed by atoms with van der Waals surface area (Å²) in [6.45, 7) is 12.4. The molecule has 7 heteroatoms. The summed E-state index contributed by atoms with van der Waals surface area (Å²) in [6.07, 6.45) is 4.78. The van der Waals surface area contributed by atoms with Crippen LogP contribution in [0.5, 0.6) is 0 Å². The molecule has 1 aromatic heterocycles. The van der Waals surface area contributed by atoms with E-state index in [2.05, 4.69) is 30.7 Å². The van der Waals surface area contributed by atoms with Crippen LogP contribution in [0.2, 0.25) is 0 Å². The molecule has 2 aliphatic heterocycles. The van der Waals surface area contributed by atoms with Crippen LogP contribution in [0.3, 0.4) is 0 Å². The van der Waals surface area contributed by atoms with Crippen molar-refractivity contribution in [2.24, 2.45) is 5.92 Å². The maximum atomic E-state index is 12.4. The number of piperidine rings is 1. The molecule has 1 amide bonds. The summed E-state index contributed by atoms with van der Waals surface area (Å²) in [4.78, 5) is 33.3. The Kier molecular flexibility index (Phi) is 6.88. The van der Waals surface area contributed by atoms with E-state index in [9.17, 15) is 9.59 Å². The van der Waals surface area contributed by atoms with E-state index in [0.29, 0.717) is 12.5 Å². The second-order valence-electron chi connectivity index (χ2n) is 9.09. The second kappa shape index (κ2) is 9.18. The molecule has 3 heterocycles. The van der Waals surface area contributed by atoms with Gasteiger partial charge >= 0.3 is 0 Å². The molecule has 2 aliphatic rings. The molecule has 7 nitrogen and oxygen atoms in total. The molecule has 0 radical (unpaired) electrons. The average Bonchev–Trinajstić information content (AvgIpc) is 2.86. The number of amides is 1. The zero-order valence-corrected chi connectivity index (χ0v) is 17.5. The normalized spacial score (nSPS) is 20.4. The topological polar surface area (TPSA) is 67.7 Å². The average molecular weight is 391 g/mol. The molecule has 0 bridgehead atoms. The SMILES string of the molecule is CC(C)(C)c1cc(=O)n(CC2CCN(CCN3CCCOCC3=O)CC2)cn1. The first kappa shape index (κ1) is 21.0. The molecule has 0 aliphatic carbocycles. The van der Waals surface area contributed by atoms with Gasteiger partial charge in [-0.15, -0.1) is 0 Å². The number of hydrogen-bond acceptors (Lipinski definition) is 5. The second-order valence-corrected chi connectivity index (χ2v) is 9.09. The number of nitrogens with zero attached hydrogens (tertiary/aromatic N) is 4. The first-order chi connectivity index (χ1) is 13.3. The van der Waals surface area contributed by atoms with Crippen LogP contribution in [0, 0.1) is 5.92 Å². The number of ether oxygens (including phenoxy) is 1. The smallest absolute Gasteiger partial charge is 0.253 e. The van der Waals surface area contributed by atoms with E-state index in [0.717, 1.165) is 64.2 Å². The van der Waals surface area contributed by atoms with Crippen molar-refractivity contribution < 1.29 is 9.53 Å². The molecular weight excluding hydrogens is 356 g/mol. The van der Waals surface area contributed by atoms with Crippen molar-refractivity contribution in [3.63, 3.8) is 0 Å². The minimum Gasteiger partial charge on any atom is -0.372 e. The lowest BCUT2D eigenvalue weighted by molar-refractivity contribution is -0.134. The van der Waals surface area contributed by atoms with Crippen LogP contribution < -0.4 is 5.56 Å². The van der Waals surface area contributed by atoms with Gasteiger partial charge in [-0.05, 0) is 38.3 Å². The third-order valence-electron chi connectivity index (χ3n) is 5.79. The Balaban J connectivity index is 1.45. The lowest BCUT2D eigenvalue weighted by Gasteiger charge is -2.33. The van der Waals surface area contributed by atoms with Crippen LogP contribution >= 0.6 is 0 Å². The Morgan fingerprint density at radius 3 is 2.57 bits per heavy atom. The van der Waals surface area contributed by atoms with Crippen LogP contribution in [0.4, 0.5) is 0 Å². The fourth-order valence-electron chi connectivity index (χ4n) is 3.88. The number of carbonyl (C=O) groups excluding carboxylic acids is 1. The molecule has 2 fully saturated rings. The van der Waals surface area contributed by atoms with Crippen molar-refractivity contribution in [3.8, 4) is 0 Å². The van der Waals surface area contributed by atoms with E-state index in [1.807, 2.05) is 4.90 Å². The molecule has 156 valence electrons. The highest BCUT2D eigenvalue weighted by molar-refractivity contribution is 5.77. The Labute approximate surface area is 167 Å². The van der Waals surface area contributed by atoms with Crippen LogP contribution in [0.15, 0.2) is 17.2 Å².